The summed E-state index contributed by atoms with van der Waals surface area (Å²) in [5.74, 6) is 1.78. The summed E-state index contributed by atoms with van der Waals surface area (Å²) in [6, 6.07) is 15.6. The highest BCUT2D eigenvalue weighted by Gasteiger charge is 2.12. The van der Waals surface area contributed by atoms with Crippen molar-refractivity contribution in [2.75, 3.05) is 7.11 Å². The Balaban J connectivity index is 1.59. The van der Waals surface area contributed by atoms with Crippen LogP contribution >= 0.6 is 11.3 Å². The van der Waals surface area contributed by atoms with Gasteiger partial charge in [0.2, 0.25) is 5.82 Å². The zero-order chi connectivity index (χ0) is 17.9. The third kappa shape index (κ3) is 3.23. The zero-order valence-electron chi connectivity index (χ0n) is 14.5. The number of thiazole rings is 1. The van der Waals surface area contributed by atoms with Gasteiger partial charge in [0.25, 0.3) is 5.89 Å². The van der Waals surface area contributed by atoms with E-state index in [1.54, 1.807) is 18.4 Å². The minimum Gasteiger partial charge on any atom is -0.497 e. The lowest BCUT2D eigenvalue weighted by Gasteiger charge is -2.00. The lowest BCUT2D eigenvalue weighted by molar-refractivity contribution is 0.413. The van der Waals surface area contributed by atoms with E-state index in [1.165, 1.54) is 0 Å². The van der Waals surface area contributed by atoms with Gasteiger partial charge in [0.15, 0.2) is 0 Å². The second-order valence-corrected chi connectivity index (χ2v) is 6.66. The lowest BCUT2D eigenvalue weighted by Crippen LogP contribution is -1.85. The van der Waals surface area contributed by atoms with Crippen molar-refractivity contribution < 1.29 is 9.26 Å². The average molecular weight is 363 g/mol. The smallest absolute Gasteiger partial charge is 0.258 e. The van der Waals surface area contributed by atoms with Crippen LogP contribution in [0.3, 0.4) is 0 Å². The summed E-state index contributed by atoms with van der Waals surface area (Å²) >= 11 is 1.69. The molecule has 4 rings (SSSR count). The molecular formula is C20H17N3O2S. The van der Waals surface area contributed by atoms with Crippen molar-refractivity contribution in [3.05, 3.63) is 58.9 Å². The Morgan fingerprint density at radius 3 is 2.54 bits per heavy atom. The van der Waals surface area contributed by atoms with Crippen LogP contribution in [0.25, 0.3) is 34.1 Å². The summed E-state index contributed by atoms with van der Waals surface area (Å²) in [6.45, 7) is 2.11. The highest BCUT2D eigenvalue weighted by Crippen LogP contribution is 2.27. The average Bonchev–Trinajstić information content (AvgIpc) is 3.38. The minimum atomic E-state index is 0.468. The summed E-state index contributed by atoms with van der Waals surface area (Å²) in [5.41, 5.74) is 3.82. The number of hydrogen-bond donors (Lipinski definition) is 0. The van der Waals surface area contributed by atoms with Crippen molar-refractivity contribution in [3.8, 4) is 39.8 Å². The molecule has 0 amide bonds. The molecule has 0 fully saturated rings. The number of aromatic nitrogens is 3. The molecule has 130 valence electrons. The van der Waals surface area contributed by atoms with Crippen molar-refractivity contribution in [2.45, 2.75) is 13.3 Å². The summed E-state index contributed by atoms with van der Waals surface area (Å²) < 4.78 is 10.6. The third-order valence-electron chi connectivity index (χ3n) is 4.04. The number of rotatable bonds is 5. The normalized spacial score (nSPS) is 10.8. The lowest BCUT2D eigenvalue weighted by atomic mass is 10.1. The molecule has 0 unspecified atom stereocenters. The highest BCUT2D eigenvalue weighted by molar-refractivity contribution is 7.09. The molecule has 0 radical (unpaired) electrons. The number of aryl methyl sites for hydroxylation is 1. The van der Waals surface area contributed by atoms with Crippen LogP contribution in [-0.4, -0.2) is 22.2 Å². The first-order valence-corrected chi connectivity index (χ1v) is 9.18. The van der Waals surface area contributed by atoms with Crippen LogP contribution in [0.1, 0.15) is 11.9 Å². The molecule has 0 bridgehead atoms. The number of hydrogen-bond acceptors (Lipinski definition) is 6. The van der Waals surface area contributed by atoms with Gasteiger partial charge in [0.05, 0.1) is 17.8 Å². The van der Waals surface area contributed by atoms with Crippen LogP contribution in [0, 0.1) is 0 Å². The molecular weight excluding hydrogens is 346 g/mol. The minimum absolute atomic E-state index is 0.468. The van der Waals surface area contributed by atoms with Gasteiger partial charge < -0.3 is 9.26 Å². The van der Waals surface area contributed by atoms with Crippen LogP contribution in [-0.2, 0) is 6.42 Å². The van der Waals surface area contributed by atoms with Crippen molar-refractivity contribution in [1.82, 2.24) is 15.1 Å². The Morgan fingerprint density at radius 2 is 1.81 bits per heavy atom. The van der Waals surface area contributed by atoms with Gasteiger partial charge in [-0.25, -0.2) is 4.98 Å². The standard InChI is InChI=1S/C20H17N3O2S/c1-3-18-21-17(12-26-18)13-7-9-14(10-8-13)19-22-20(25-23-19)15-5-4-6-16(11-15)24-2/h4-12H,3H2,1-2H3. The maximum Gasteiger partial charge on any atom is 0.258 e. The second kappa shape index (κ2) is 7.09. The molecule has 2 aromatic carbocycles. The van der Waals surface area contributed by atoms with Crippen molar-refractivity contribution in [1.29, 1.82) is 0 Å². The van der Waals surface area contributed by atoms with Crippen molar-refractivity contribution in [2.24, 2.45) is 0 Å². The van der Waals surface area contributed by atoms with Crippen molar-refractivity contribution in [3.63, 3.8) is 0 Å². The predicted molar refractivity (Wildman–Crippen MR) is 102 cm³/mol. The van der Waals surface area contributed by atoms with Gasteiger partial charge in [-0.05, 0) is 24.6 Å². The van der Waals surface area contributed by atoms with Crippen molar-refractivity contribution >= 4 is 11.3 Å². The van der Waals surface area contributed by atoms with Gasteiger partial charge in [-0.2, -0.15) is 4.98 Å². The van der Waals surface area contributed by atoms with Crippen LogP contribution in [0.4, 0.5) is 0 Å². The molecule has 0 spiro atoms. The fraction of sp³-hybridized carbons (Fsp3) is 0.150. The van der Waals surface area contributed by atoms with Gasteiger partial charge in [0.1, 0.15) is 5.75 Å². The zero-order valence-corrected chi connectivity index (χ0v) is 15.3. The largest absolute Gasteiger partial charge is 0.497 e. The van der Waals surface area contributed by atoms with Gasteiger partial charge >= 0.3 is 0 Å². The molecule has 0 aliphatic rings. The van der Waals surface area contributed by atoms with E-state index in [9.17, 15) is 0 Å². The van der Waals surface area contributed by atoms with E-state index in [-0.39, 0.29) is 0 Å². The molecule has 6 heteroatoms. The van der Waals surface area contributed by atoms with Crippen LogP contribution in [0.2, 0.25) is 0 Å². The van der Waals surface area contributed by atoms with Gasteiger partial charge in [0, 0.05) is 22.1 Å². The fourth-order valence-electron chi connectivity index (χ4n) is 2.61. The summed E-state index contributed by atoms with van der Waals surface area (Å²) in [5, 5.41) is 7.33. The molecule has 4 aromatic rings. The molecule has 2 heterocycles. The highest BCUT2D eigenvalue weighted by atomic mass is 32.1. The number of nitrogens with zero attached hydrogens (tertiary/aromatic N) is 3. The topological polar surface area (TPSA) is 61.0 Å². The van der Waals surface area contributed by atoms with E-state index in [0.717, 1.165) is 39.6 Å². The Kier molecular flexibility index (Phi) is 4.50. The second-order valence-electron chi connectivity index (χ2n) is 5.71. The van der Waals surface area contributed by atoms with E-state index in [2.05, 4.69) is 27.4 Å². The molecule has 0 N–H and O–H groups in total. The molecule has 5 nitrogen and oxygen atoms in total. The van der Waals surface area contributed by atoms with Crippen LogP contribution < -0.4 is 4.74 Å². The summed E-state index contributed by atoms with van der Waals surface area (Å²) in [6.07, 6.45) is 0.957. The predicted octanol–water partition coefficient (Wildman–Crippen LogP) is 5.10. The maximum absolute atomic E-state index is 5.41. The Labute approximate surface area is 155 Å². The van der Waals surface area contributed by atoms with Crippen LogP contribution in [0.5, 0.6) is 5.75 Å². The summed E-state index contributed by atoms with van der Waals surface area (Å²) in [7, 11) is 1.63. The molecule has 0 aliphatic carbocycles. The monoisotopic (exact) mass is 363 g/mol. The molecule has 0 aliphatic heterocycles. The molecule has 2 aromatic heterocycles. The van der Waals surface area contributed by atoms with Gasteiger partial charge in [-0.3, -0.25) is 0 Å². The van der Waals surface area contributed by atoms with E-state index in [4.69, 9.17) is 9.26 Å². The third-order valence-corrected chi connectivity index (χ3v) is 5.03. The van der Waals surface area contributed by atoms with E-state index < -0.39 is 0 Å². The summed E-state index contributed by atoms with van der Waals surface area (Å²) in [4.78, 5) is 9.12. The molecule has 0 saturated carbocycles. The Bertz CT molecular complexity index is 1020. The fourth-order valence-corrected chi connectivity index (χ4v) is 3.36. The van der Waals surface area contributed by atoms with Crippen LogP contribution in [0.15, 0.2) is 58.4 Å². The van der Waals surface area contributed by atoms with Gasteiger partial charge in [-0.15, -0.1) is 11.3 Å². The molecule has 0 saturated heterocycles. The molecule has 26 heavy (non-hydrogen) atoms. The van der Waals surface area contributed by atoms with Gasteiger partial charge in [-0.1, -0.05) is 42.4 Å². The molecule has 0 atom stereocenters. The van der Waals surface area contributed by atoms with E-state index >= 15 is 0 Å². The Hall–Kier alpha value is -2.99. The number of benzene rings is 2. The number of methoxy groups -OCH3 is 1. The SMILES string of the molecule is CCc1nc(-c2ccc(-c3noc(-c4cccc(OC)c4)n3)cc2)cs1. The first-order chi connectivity index (χ1) is 12.8. The maximum atomic E-state index is 5.41. The first-order valence-electron chi connectivity index (χ1n) is 8.30. The van der Waals surface area contributed by atoms with E-state index in [0.29, 0.717) is 11.7 Å². The first kappa shape index (κ1) is 16.5. The Morgan fingerprint density at radius 1 is 1.00 bits per heavy atom. The quantitative estimate of drug-likeness (QED) is 0.494. The number of ether oxygens (including phenoxy) is 1. The van der Waals surface area contributed by atoms with E-state index in [1.807, 2.05) is 48.5 Å².